The Labute approximate surface area is 186 Å². The van der Waals surface area contributed by atoms with E-state index < -0.39 is 0 Å². The Bertz CT molecular complexity index is 985. The van der Waals surface area contributed by atoms with Crippen LogP contribution in [-0.4, -0.2) is 53.0 Å². The van der Waals surface area contributed by atoms with E-state index in [1.165, 1.54) is 16.7 Å². The second-order valence-electron chi connectivity index (χ2n) is 7.44. The van der Waals surface area contributed by atoms with Gasteiger partial charge in [-0.25, -0.2) is 0 Å². The zero-order chi connectivity index (χ0) is 21.8. The summed E-state index contributed by atoms with van der Waals surface area (Å²) in [4.78, 5) is 30.0. The number of ether oxygens (including phenoxy) is 1. The van der Waals surface area contributed by atoms with E-state index in [0.29, 0.717) is 27.9 Å². The van der Waals surface area contributed by atoms with Crippen molar-refractivity contribution in [2.45, 2.75) is 32.6 Å². The Morgan fingerprint density at radius 2 is 1.90 bits per heavy atom. The van der Waals surface area contributed by atoms with Gasteiger partial charge in [0, 0.05) is 32.8 Å². The fraction of sp³-hybridized carbons (Fsp3) is 0.524. The highest BCUT2D eigenvalue weighted by molar-refractivity contribution is 8.26. The number of rotatable bonds is 5. The van der Waals surface area contributed by atoms with Crippen LogP contribution in [0.25, 0.3) is 6.08 Å². The van der Waals surface area contributed by atoms with E-state index in [0.717, 1.165) is 50.2 Å². The van der Waals surface area contributed by atoms with Crippen LogP contribution in [0.3, 0.4) is 0 Å². The second-order valence-corrected chi connectivity index (χ2v) is 9.12. The van der Waals surface area contributed by atoms with Gasteiger partial charge in [0.05, 0.1) is 18.1 Å². The molecule has 1 amide bonds. The molecule has 1 aromatic rings. The predicted molar refractivity (Wildman–Crippen MR) is 124 cm³/mol. The highest BCUT2D eigenvalue weighted by Crippen LogP contribution is 2.36. The molecule has 30 heavy (non-hydrogen) atoms. The molecule has 2 aliphatic rings. The number of methoxy groups -OCH3 is 1. The lowest BCUT2D eigenvalue weighted by Crippen LogP contribution is -2.34. The number of hydrogen-bond acceptors (Lipinski definition) is 7. The number of hydrogen-bond donors (Lipinski definition) is 0. The molecule has 1 aromatic heterocycles. The molecule has 0 unspecified atom stereocenters. The molecule has 0 spiro atoms. The molecule has 160 valence electrons. The summed E-state index contributed by atoms with van der Waals surface area (Å²) < 4.78 is 7.12. The van der Waals surface area contributed by atoms with Gasteiger partial charge in [0.15, 0.2) is 0 Å². The first-order chi connectivity index (χ1) is 14.4. The number of anilines is 1. The van der Waals surface area contributed by atoms with Crippen LogP contribution in [0.15, 0.2) is 9.70 Å². The number of amides is 1. The minimum absolute atomic E-state index is 0.109. The first-order valence-corrected chi connectivity index (χ1v) is 11.3. The molecular weight excluding hydrogens is 420 g/mol. The second kappa shape index (κ2) is 9.77. The number of carbonyl (C=O) groups is 1. The van der Waals surface area contributed by atoms with Crippen LogP contribution in [0.1, 0.15) is 42.4 Å². The molecule has 9 heteroatoms. The number of nitriles is 1. The number of thiocarbonyl (C=S) groups is 1. The van der Waals surface area contributed by atoms with Crippen LogP contribution in [0.4, 0.5) is 5.82 Å². The van der Waals surface area contributed by atoms with Gasteiger partial charge < -0.3 is 9.64 Å². The Kier molecular flexibility index (Phi) is 7.34. The van der Waals surface area contributed by atoms with Crippen molar-refractivity contribution < 1.29 is 9.53 Å². The van der Waals surface area contributed by atoms with Crippen molar-refractivity contribution in [2.75, 3.05) is 38.3 Å². The highest BCUT2D eigenvalue weighted by atomic mass is 32.2. The first-order valence-electron chi connectivity index (χ1n) is 10.0. The van der Waals surface area contributed by atoms with Crippen molar-refractivity contribution >= 4 is 46.1 Å². The third kappa shape index (κ3) is 4.31. The fourth-order valence-electron chi connectivity index (χ4n) is 3.88. The molecule has 0 aliphatic carbocycles. The standard InChI is InChI=1S/C21H26N4O3S2/c1-14-15(12-17-20(27)25(10-11-28-3)21(29)30-17)18(23(2)19(26)16(14)13-22)24-8-6-4-5-7-9-24/h12H,4-11H2,1-3H3/b17-12-. The van der Waals surface area contributed by atoms with Gasteiger partial charge >= 0.3 is 0 Å². The molecule has 2 aliphatic heterocycles. The van der Waals surface area contributed by atoms with E-state index in [-0.39, 0.29) is 17.0 Å². The van der Waals surface area contributed by atoms with Crippen molar-refractivity contribution in [1.29, 1.82) is 5.26 Å². The largest absolute Gasteiger partial charge is 0.383 e. The number of pyridine rings is 1. The van der Waals surface area contributed by atoms with E-state index in [9.17, 15) is 14.9 Å². The molecule has 0 saturated carbocycles. The Hall–Kier alpha value is -2.15. The molecule has 0 N–H and O–H groups in total. The lowest BCUT2D eigenvalue weighted by molar-refractivity contribution is -0.122. The summed E-state index contributed by atoms with van der Waals surface area (Å²) in [6.45, 7) is 4.25. The summed E-state index contributed by atoms with van der Waals surface area (Å²) in [7, 11) is 3.28. The van der Waals surface area contributed by atoms with Gasteiger partial charge in [0.1, 0.15) is 21.8 Å². The molecule has 2 saturated heterocycles. The minimum Gasteiger partial charge on any atom is -0.383 e. The summed E-state index contributed by atoms with van der Waals surface area (Å²) in [5, 5.41) is 9.58. The van der Waals surface area contributed by atoms with E-state index in [1.54, 1.807) is 31.7 Å². The quantitative estimate of drug-likeness (QED) is 0.508. The maximum atomic E-state index is 12.9. The van der Waals surface area contributed by atoms with Gasteiger partial charge in [0.2, 0.25) is 0 Å². The maximum absolute atomic E-state index is 12.9. The molecule has 0 aromatic carbocycles. The normalized spacial score (nSPS) is 18.8. The SMILES string of the molecule is COCCN1C(=O)/C(=C/c2c(C)c(C#N)c(=O)n(C)c2N2CCCCCC2)SC1=S. The average Bonchev–Trinajstić information content (AvgIpc) is 2.90. The Morgan fingerprint density at radius 1 is 1.23 bits per heavy atom. The first kappa shape index (κ1) is 22.5. The third-order valence-electron chi connectivity index (χ3n) is 5.54. The summed E-state index contributed by atoms with van der Waals surface area (Å²) >= 11 is 6.63. The van der Waals surface area contributed by atoms with Crippen molar-refractivity contribution in [3.8, 4) is 6.07 Å². The number of nitrogens with zero attached hydrogens (tertiary/aromatic N) is 4. The predicted octanol–water partition coefficient (Wildman–Crippen LogP) is 2.79. The molecule has 0 bridgehead atoms. The highest BCUT2D eigenvalue weighted by Gasteiger charge is 2.33. The van der Waals surface area contributed by atoms with E-state index in [1.807, 2.05) is 6.07 Å². The van der Waals surface area contributed by atoms with Crippen LogP contribution >= 0.6 is 24.0 Å². The number of aromatic nitrogens is 1. The molecule has 3 heterocycles. The zero-order valence-electron chi connectivity index (χ0n) is 17.6. The lowest BCUT2D eigenvalue weighted by Gasteiger charge is -2.28. The Balaban J connectivity index is 2.13. The minimum atomic E-state index is -0.306. The van der Waals surface area contributed by atoms with Crippen LogP contribution in [-0.2, 0) is 16.6 Å². The Morgan fingerprint density at radius 3 is 2.50 bits per heavy atom. The maximum Gasteiger partial charge on any atom is 0.270 e. The van der Waals surface area contributed by atoms with E-state index in [2.05, 4.69) is 4.90 Å². The van der Waals surface area contributed by atoms with E-state index >= 15 is 0 Å². The van der Waals surface area contributed by atoms with Crippen molar-refractivity contribution in [1.82, 2.24) is 9.47 Å². The molecule has 7 nitrogen and oxygen atoms in total. The zero-order valence-corrected chi connectivity index (χ0v) is 19.2. The average molecular weight is 447 g/mol. The topological polar surface area (TPSA) is 78.6 Å². The molecule has 2 fully saturated rings. The van der Waals surface area contributed by atoms with Crippen molar-refractivity contribution in [2.24, 2.45) is 7.05 Å². The molecule has 0 atom stereocenters. The summed E-state index contributed by atoms with van der Waals surface area (Å²) in [5.74, 6) is 0.594. The number of thioether (sulfide) groups is 1. The van der Waals surface area contributed by atoms with Gasteiger partial charge in [-0.2, -0.15) is 5.26 Å². The van der Waals surface area contributed by atoms with Crippen LogP contribution < -0.4 is 10.5 Å². The smallest absolute Gasteiger partial charge is 0.270 e. The molecule has 0 radical (unpaired) electrons. The van der Waals surface area contributed by atoms with E-state index in [4.69, 9.17) is 17.0 Å². The molecular formula is C21H26N4O3S2. The summed E-state index contributed by atoms with van der Waals surface area (Å²) in [6.07, 6.45) is 6.21. The van der Waals surface area contributed by atoms with Gasteiger partial charge in [-0.3, -0.25) is 19.1 Å². The summed E-state index contributed by atoms with van der Waals surface area (Å²) in [6, 6.07) is 2.04. The van der Waals surface area contributed by atoms with Gasteiger partial charge in [-0.1, -0.05) is 36.8 Å². The van der Waals surface area contributed by atoms with Gasteiger partial charge in [-0.05, 0) is 31.4 Å². The number of carbonyl (C=O) groups excluding carboxylic acids is 1. The monoisotopic (exact) mass is 446 g/mol. The third-order valence-corrected chi connectivity index (χ3v) is 6.92. The summed E-state index contributed by atoms with van der Waals surface area (Å²) in [5.41, 5.74) is 1.14. The lowest BCUT2D eigenvalue weighted by atomic mass is 10.0. The van der Waals surface area contributed by atoms with Gasteiger partial charge in [-0.15, -0.1) is 0 Å². The van der Waals surface area contributed by atoms with Gasteiger partial charge in [0.25, 0.3) is 11.5 Å². The van der Waals surface area contributed by atoms with Crippen molar-refractivity contribution in [3.05, 3.63) is 31.9 Å². The van der Waals surface area contributed by atoms with Crippen LogP contribution in [0.2, 0.25) is 0 Å². The van der Waals surface area contributed by atoms with Crippen LogP contribution in [0, 0.1) is 18.3 Å². The van der Waals surface area contributed by atoms with Crippen molar-refractivity contribution in [3.63, 3.8) is 0 Å². The molecule has 3 rings (SSSR count). The fourth-order valence-corrected chi connectivity index (χ4v) is 5.17. The van der Waals surface area contributed by atoms with Crippen LogP contribution in [0.5, 0.6) is 0 Å².